The number of benzene rings is 2. The molecule has 27 heavy (non-hydrogen) atoms. The fraction of sp³-hybridized carbons (Fsp3) is 0.190. The lowest BCUT2D eigenvalue weighted by Crippen LogP contribution is -2.20. The van der Waals surface area contributed by atoms with Crippen LogP contribution in [0, 0.1) is 5.82 Å². The largest absolute Gasteiger partial charge is 0.368 e. The van der Waals surface area contributed by atoms with E-state index in [1.165, 1.54) is 24.5 Å². The summed E-state index contributed by atoms with van der Waals surface area (Å²) in [5.74, 6) is 0.783. The molecule has 0 amide bonds. The average Bonchev–Trinajstić information content (AvgIpc) is 3.40. The third kappa shape index (κ3) is 2.83. The summed E-state index contributed by atoms with van der Waals surface area (Å²) in [5.41, 5.74) is 2.51. The molecule has 5 nitrogen and oxygen atoms in total. The maximum absolute atomic E-state index is 14.2. The summed E-state index contributed by atoms with van der Waals surface area (Å²) >= 11 is 0. The molecule has 1 aliphatic carbocycles. The first kappa shape index (κ1) is 15.9. The predicted octanol–water partition coefficient (Wildman–Crippen LogP) is 4.07. The Balaban J connectivity index is 1.44. The van der Waals surface area contributed by atoms with Gasteiger partial charge in [-0.1, -0.05) is 42.5 Å². The Hall–Kier alpha value is -3.28. The predicted molar refractivity (Wildman–Crippen MR) is 102 cm³/mol. The summed E-state index contributed by atoms with van der Waals surface area (Å²) < 4.78 is 15.7. The lowest BCUT2D eigenvalue weighted by Gasteiger charge is -2.17. The topological polar surface area (TPSA) is 55.1 Å². The highest BCUT2D eigenvalue weighted by Gasteiger charge is 2.43. The van der Waals surface area contributed by atoms with Crippen molar-refractivity contribution >= 4 is 11.5 Å². The van der Waals surface area contributed by atoms with Crippen LogP contribution < -0.4 is 5.32 Å². The maximum atomic E-state index is 14.2. The molecule has 4 aromatic rings. The van der Waals surface area contributed by atoms with E-state index in [1.54, 1.807) is 22.7 Å². The summed E-state index contributed by atoms with van der Waals surface area (Å²) in [7, 11) is 0. The van der Waals surface area contributed by atoms with E-state index in [0.717, 1.165) is 12.4 Å². The molecule has 6 heteroatoms. The lowest BCUT2D eigenvalue weighted by atomic mass is 9.96. The van der Waals surface area contributed by atoms with Crippen molar-refractivity contribution in [3.05, 3.63) is 78.1 Å². The highest BCUT2D eigenvalue weighted by atomic mass is 19.1. The highest BCUT2D eigenvalue weighted by Crippen LogP contribution is 2.48. The van der Waals surface area contributed by atoms with E-state index in [-0.39, 0.29) is 11.2 Å². The number of nitrogens with one attached hydrogen (secondary N) is 1. The van der Waals surface area contributed by atoms with Crippen molar-refractivity contribution in [2.45, 2.75) is 18.3 Å². The molecule has 1 aliphatic rings. The molecule has 5 rings (SSSR count). The fourth-order valence-corrected chi connectivity index (χ4v) is 3.46. The van der Waals surface area contributed by atoms with Gasteiger partial charge in [-0.05, 0) is 42.7 Å². The van der Waals surface area contributed by atoms with Crippen LogP contribution in [-0.2, 0) is 5.41 Å². The van der Waals surface area contributed by atoms with E-state index in [0.29, 0.717) is 17.0 Å². The van der Waals surface area contributed by atoms with Crippen LogP contribution in [0.2, 0.25) is 0 Å². The fourth-order valence-electron chi connectivity index (χ4n) is 3.46. The van der Waals surface area contributed by atoms with Gasteiger partial charge in [-0.25, -0.2) is 4.39 Å². The van der Waals surface area contributed by atoms with Gasteiger partial charge in [0.2, 0.25) is 0 Å². The molecule has 0 aliphatic heterocycles. The first-order chi connectivity index (χ1) is 13.3. The second-order valence-electron chi connectivity index (χ2n) is 6.99. The molecule has 1 fully saturated rings. The van der Waals surface area contributed by atoms with Gasteiger partial charge in [0.05, 0.1) is 5.56 Å². The summed E-state index contributed by atoms with van der Waals surface area (Å²) in [6.45, 7) is 0.812. The smallest absolute Gasteiger partial charge is 0.188 e. The first-order valence-electron chi connectivity index (χ1n) is 9.02. The zero-order valence-electron chi connectivity index (χ0n) is 14.6. The number of hydrogen-bond donors (Lipinski definition) is 1. The van der Waals surface area contributed by atoms with E-state index >= 15 is 0 Å². The first-order valence-corrected chi connectivity index (χ1v) is 9.02. The highest BCUT2D eigenvalue weighted by molar-refractivity contribution is 5.60. The van der Waals surface area contributed by atoms with Gasteiger partial charge < -0.3 is 5.32 Å². The minimum Gasteiger partial charge on any atom is -0.368 e. The monoisotopic (exact) mass is 359 g/mol. The van der Waals surface area contributed by atoms with E-state index in [1.807, 2.05) is 18.2 Å². The van der Waals surface area contributed by atoms with Gasteiger partial charge in [-0.15, -0.1) is 15.3 Å². The molecule has 1 N–H and O–H groups in total. The summed E-state index contributed by atoms with van der Waals surface area (Å²) in [5, 5.41) is 16.3. The van der Waals surface area contributed by atoms with Crippen LogP contribution in [0.1, 0.15) is 18.4 Å². The van der Waals surface area contributed by atoms with E-state index in [2.05, 4.69) is 44.9 Å². The molecule has 134 valence electrons. The van der Waals surface area contributed by atoms with Gasteiger partial charge in [0.1, 0.15) is 11.6 Å². The summed E-state index contributed by atoms with van der Waals surface area (Å²) in [6, 6.07) is 20.8. The van der Waals surface area contributed by atoms with Crippen LogP contribution in [0.5, 0.6) is 0 Å². The van der Waals surface area contributed by atoms with E-state index in [9.17, 15) is 4.39 Å². The maximum Gasteiger partial charge on any atom is 0.188 e. The lowest BCUT2D eigenvalue weighted by molar-refractivity contribution is 0.629. The number of fused-ring (bicyclic) bond motifs is 1. The molecular weight excluding hydrogens is 341 g/mol. The van der Waals surface area contributed by atoms with Gasteiger partial charge in [-0.2, -0.15) is 4.52 Å². The third-order valence-corrected chi connectivity index (χ3v) is 5.23. The Bertz CT molecular complexity index is 1100. The Morgan fingerprint density at radius 1 is 0.926 bits per heavy atom. The van der Waals surface area contributed by atoms with E-state index < -0.39 is 0 Å². The molecule has 0 bridgehead atoms. The van der Waals surface area contributed by atoms with Crippen LogP contribution in [0.25, 0.3) is 17.0 Å². The van der Waals surface area contributed by atoms with Crippen LogP contribution in [-0.4, -0.2) is 26.4 Å². The Morgan fingerprint density at radius 2 is 1.70 bits per heavy atom. The normalized spacial score (nSPS) is 15.0. The number of rotatable bonds is 5. The second-order valence-corrected chi connectivity index (χ2v) is 6.99. The molecule has 0 saturated heterocycles. The molecule has 0 spiro atoms. The Labute approximate surface area is 155 Å². The van der Waals surface area contributed by atoms with Crippen LogP contribution in [0.15, 0.2) is 66.7 Å². The second kappa shape index (κ2) is 6.16. The number of halogens is 1. The molecule has 1 saturated carbocycles. The van der Waals surface area contributed by atoms with Crippen molar-refractivity contribution in [3.8, 4) is 11.4 Å². The van der Waals surface area contributed by atoms with Gasteiger partial charge in [0, 0.05) is 12.0 Å². The standard InChI is InChI=1S/C21H18FN5/c22-17-9-5-4-8-16(17)20-25-24-19-11-10-18(26-27(19)20)23-14-21(12-13-21)15-6-2-1-3-7-15/h1-11H,12-14H2,(H,23,26). The number of aromatic nitrogens is 4. The quantitative estimate of drug-likeness (QED) is 0.583. The number of anilines is 1. The minimum absolute atomic E-state index is 0.180. The zero-order chi connectivity index (χ0) is 18.3. The Morgan fingerprint density at radius 3 is 2.48 bits per heavy atom. The summed E-state index contributed by atoms with van der Waals surface area (Å²) in [4.78, 5) is 0. The molecular formula is C21H18FN5. The zero-order valence-corrected chi connectivity index (χ0v) is 14.6. The van der Waals surface area contributed by atoms with Crippen molar-refractivity contribution in [1.29, 1.82) is 0 Å². The van der Waals surface area contributed by atoms with Crippen LogP contribution in [0.3, 0.4) is 0 Å². The van der Waals surface area contributed by atoms with Crippen molar-refractivity contribution < 1.29 is 4.39 Å². The molecule has 2 aromatic heterocycles. The van der Waals surface area contributed by atoms with Gasteiger partial charge in [-0.3, -0.25) is 0 Å². The van der Waals surface area contributed by atoms with Crippen molar-refractivity contribution in [3.63, 3.8) is 0 Å². The van der Waals surface area contributed by atoms with Crippen molar-refractivity contribution in [1.82, 2.24) is 19.8 Å². The Kier molecular flexibility index (Phi) is 3.63. The minimum atomic E-state index is -0.340. The SMILES string of the molecule is Fc1ccccc1-c1nnc2ccc(NCC3(c4ccccc4)CC3)nn12. The molecule has 2 heterocycles. The van der Waals surface area contributed by atoms with Gasteiger partial charge in [0.25, 0.3) is 0 Å². The van der Waals surface area contributed by atoms with Crippen molar-refractivity contribution in [2.24, 2.45) is 0 Å². The van der Waals surface area contributed by atoms with Crippen LogP contribution >= 0.6 is 0 Å². The number of nitrogens with zero attached hydrogens (tertiary/aromatic N) is 4. The molecule has 0 unspecified atom stereocenters. The van der Waals surface area contributed by atoms with Gasteiger partial charge >= 0.3 is 0 Å². The van der Waals surface area contributed by atoms with E-state index in [4.69, 9.17) is 0 Å². The van der Waals surface area contributed by atoms with Crippen molar-refractivity contribution in [2.75, 3.05) is 11.9 Å². The summed E-state index contributed by atoms with van der Waals surface area (Å²) in [6.07, 6.45) is 2.33. The van der Waals surface area contributed by atoms with Crippen LogP contribution in [0.4, 0.5) is 10.2 Å². The molecule has 0 atom stereocenters. The third-order valence-electron chi connectivity index (χ3n) is 5.23. The van der Waals surface area contributed by atoms with Gasteiger partial charge in [0.15, 0.2) is 11.5 Å². The number of hydrogen-bond acceptors (Lipinski definition) is 4. The molecule has 2 aromatic carbocycles. The molecule has 0 radical (unpaired) electrons. The average molecular weight is 359 g/mol.